The van der Waals surface area contributed by atoms with Gasteiger partial charge in [0.15, 0.2) is 0 Å². The lowest BCUT2D eigenvalue weighted by Crippen LogP contribution is -2.52. The van der Waals surface area contributed by atoms with Crippen molar-refractivity contribution in [3.05, 3.63) is 34.3 Å². The second kappa shape index (κ2) is 4.20. The fourth-order valence-electron chi connectivity index (χ4n) is 1.71. The van der Waals surface area contributed by atoms with Crippen molar-refractivity contribution in [1.29, 1.82) is 0 Å². The molecule has 1 aromatic rings. The van der Waals surface area contributed by atoms with Crippen LogP contribution in [0.2, 0.25) is 0 Å². The number of ether oxygens (including phenoxy) is 1. The molecular weight excluding hydrogens is 274 g/mol. The van der Waals surface area contributed by atoms with Gasteiger partial charge in [0, 0.05) is 4.47 Å². The number of hydrogen-bond acceptors (Lipinski definition) is 2. The molecule has 1 atom stereocenters. The minimum atomic E-state index is -0.209. The minimum Gasteiger partial charge on any atom is -0.372 e. The monoisotopic (exact) mass is 285 g/mol. The predicted molar refractivity (Wildman–Crippen MR) is 68.0 cm³/mol. The zero-order valence-corrected chi connectivity index (χ0v) is 10.8. The van der Waals surface area contributed by atoms with Crippen molar-refractivity contribution in [2.45, 2.75) is 12.5 Å². The summed E-state index contributed by atoms with van der Waals surface area (Å²) >= 11 is 8.61. The van der Waals surface area contributed by atoms with Gasteiger partial charge in [0.2, 0.25) is 0 Å². The van der Waals surface area contributed by atoms with Crippen molar-refractivity contribution in [2.75, 3.05) is 13.2 Å². The van der Waals surface area contributed by atoms with Crippen LogP contribution in [0.15, 0.2) is 28.7 Å². The van der Waals surface area contributed by atoms with E-state index in [1.54, 1.807) is 0 Å². The van der Waals surface area contributed by atoms with Gasteiger partial charge in [-0.3, -0.25) is 0 Å². The van der Waals surface area contributed by atoms with Crippen LogP contribution in [0.4, 0.5) is 0 Å². The molecule has 1 heterocycles. The zero-order chi connectivity index (χ0) is 10.9. The topological polar surface area (TPSA) is 21.3 Å². The van der Waals surface area contributed by atoms with Crippen LogP contribution in [0.1, 0.15) is 12.5 Å². The highest BCUT2D eigenvalue weighted by atomic mass is 79.9. The van der Waals surface area contributed by atoms with Crippen LogP contribution >= 0.6 is 28.1 Å². The molecule has 1 unspecified atom stereocenters. The van der Waals surface area contributed by atoms with Crippen molar-refractivity contribution in [3.8, 4) is 0 Å². The van der Waals surface area contributed by atoms with Gasteiger partial charge < -0.3 is 10.1 Å². The van der Waals surface area contributed by atoms with E-state index in [1.165, 1.54) is 5.56 Å². The van der Waals surface area contributed by atoms with E-state index in [9.17, 15) is 0 Å². The molecule has 1 fully saturated rings. The molecule has 15 heavy (non-hydrogen) atoms. The number of nitrogens with one attached hydrogen (secondary N) is 1. The highest BCUT2D eigenvalue weighted by molar-refractivity contribution is 9.10. The van der Waals surface area contributed by atoms with Gasteiger partial charge in [-0.05, 0) is 24.6 Å². The van der Waals surface area contributed by atoms with E-state index in [0.717, 1.165) is 9.46 Å². The normalized spacial score (nSPS) is 26.1. The molecule has 2 nitrogen and oxygen atoms in total. The lowest BCUT2D eigenvalue weighted by Gasteiger charge is -2.36. The van der Waals surface area contributed by atoms with Gasteiger partial charge in [-0.1, -0.05) is 40.3 Å². The van der Waals surface area contributed by atoms with Crippen LogP contribution in [-0.2, 0) is 10.3 Å². The highest BCUT2D eigenvalue weighted by Gasteiger charge is 2.31. The van der Waals surface area contributed by atoms with Crippen LogP contribution in [-0.4, -0.2) is 18.2 Å². The molecule has 4 heteroatoms. The molecule has 1 aliphatic rings. The molecule has 2 rings (SSSR count). The van der Waals surface area contributed by atoms with E-state index in [-0.39, 0.29) is 5.54 Å². The second-order valence-corrected chi connectivity index (χ2v) is 5.29. The lowest BCUT2D eigenvalue weighted by atomic mass is 9.92. The Morgan fingerprint density at radius 3 is 3.00 bits per heavy atom. The third-order valence-corrected chi connectivity index (χ3v) is 3.21. The summed E-state index contributed by atoms with van der Waals surface area (Å²) in [6.07, 6.45) is 0. The van der Waals surface area contributed by atoms with Crippen LogP contribution in [0.3, 0.4) is 0 Å². The SMILES string of the molecule is CC1(c2cccc(Br)c2)COCC(=S)N1. The molecule has 0 spiro atoms. The summed E-state index contributed by atoms with van der Waals surface area (Å²) in [6, 6.07) is 8.19. The quantitative estimate of drug-likeness (QED) is 0.802. The summed E-state index contributed by atoms with van der Waals surface area (Å²) < 4.78 is 6.54. The Bertz CT molecular complexity index is 396. The Kier molecular flexibility index (Phi) is 3.09. The maximum atomic E-state index is 5.47. The molecular formula is C11H12BrNOS. The molecule has 0 radical (unpaired) electrons. The molecule has 1 aromatic carbocycles. The van der Waals surface area contributed by atoms with Crippen molar-refractivity contribution in [3.63, 3.8) is 0 Å². The summed E-state index contributed by atoms with van der Waals surface area (Å²) in [5, 5.41) is 3.32. The van der Waals surface area contributed by atoms with Crippen LogP contribution in [0, 0.1) is 0 Å². The predicted octanol–water partition coefficient (Wildman–Crippen LogP) is 2.61. The molecule has 0 aliphatic carbocycles. The average Bonchev–Trinajstić information content (AvgIpc) is 2.17. The minimum absolute atomic E-state index is 0.209. The van der Waals surface area contributed by atoms with Crippen molar-refractivity contribution in [1.82, 2.24) is 5.32 Å². The fraction of sp³-hybridized carbons (Fsp3) is 0.364. The van der Waals surface area contributed by atoms with E-state index in [2.05, 4.69) is 40.3 Å². The van der Waals surface area contributed by atoms with Crippen LogP contribution in [0.5, 0.6) is 0 Å². The number of thiocarbonyl (C=S) groups is 1. The molecule has 0 saturated carbocycles. The molecule has 80 valence electrons. The Labute approximate surface area is 103 Å². The number of benzene rings is 1. The standard InChI is InChI=1S/C11H12BrNOS/c1-11(7-14-6-10(15)13-11)8-3-2-4-9(12)5-8/h2-5H,6-7H2,1H3,(H,13,15). The van der Waals surface area contributed by atoms with Crippen LogP contribution < -0.4 is 5.32 Å². The average molecular weight is 286 g/mol. The maximum absolute atomic E-state index is 5.47. The largest absolute Gasteiger partial charge is 0.372 e. The number of halogens is 1. The molecule has 1 N–H and O–H groups in total. The van der Waals surface area contributed by atoms with Crippen molar-refractivity contribution < 1.29 is 4.74 Å². The van der Waals surface area contributed by atoms with E-state index < -0.39 is 0 Å². The number of hydrogen-bond donors (Lipinski definition) is 1. The van der Waals surface area contributed by atoms with Gasteiger partial charge in [-0.2, -0.15) is 0 Å². The van der Waals surface area contributed by atoms with E-state index in [4.69, 9.17) is 17.0 Å². The first-order chi connectivity index (χ1) is 7.10. The zero-order valence-electron chi connectivity index (χ0n) is 8.42. The summed E-state index contributed by atoms with van der Waals surface area (Å²) in [5.41, 5.74) is 0.970. The molecule has 0 bridgehead atoms. The number of morpholine rings is 1. The summed E-state index contributed by atoms with van der Waals surface area (Å²) in [4.78, 5) is 0.767. The van der Waals surface area contributed by atoms with Gasteiger partial charge in [0.25, 0.3) is 0 Å². The van der Waals surface area contributed by atoms with E-state index in [0.29, 0.717) is 13.2 Å². The Morgan fingerprint density at radius 1 is 1.53 bits per heavy atom. The first-order valence-corrected chi connectivity index (χ1v) is 5.95. The molecule has 1 aliphatic heterocycles. The first kappa shape index (κ1) is 11.0. The van der Waals surface area contributed by atoms with Gasteiger partial charge in [0.1, 0.15) is 4.99 Å². The molecule has 0 amide bonds. The lowest BCUT2D eigenvalue weighted by molar-refractivity contribution is 0.0875. The molecule has 1 saturated heterocycles. The van der Waals surface area contributed by atoms with E-state index >= 15 is 0 Å². The third kappa shape index (κ3) is 2.38. The molecule has 0 aromatic heterocycles. The van der Waals surface area contributed by atoms with Gasteiger partial charge in [-0.15, -0.1) is 0 Å². The number of rotatable bonds is 1. The second-order valence-electron chi connectivity index (χ2n) is 3.88. The third-order valence-electron chi connectivity index (χ3n) is 2.50. The van der Waals surface area contributed by atoms with Crippen LogP contribution in [0.25, 0.3) is 0 Å². The maximum Gasteiger partial charge on any atom is 0.102 e. The van der Waals surface area contributed by atoms with Gasteiger partial charge in [-0.25, -0.2) is 0 Å². The first-order valence-electron chi connectivity index (χ1n) is 4.75. The highest BCUT2D eigenvalue weighted by Crippen LogP contribution is 2.26. The smallest absolute Gasteiger partial charge is 0.102 e. The Balaban J connectivity index is 2.32. The summed E-state index contributed by atoms with van der Waals surface area (Å²) in [5.74, 6) is 0. The summed E-state index contributed by atoms with van der Waals surface area (Å²) in [7, 11) is 0. The Hall–Kier alpha value is -0.450. The fourth-order valence-corrected chi connectivity index (χ4v) is 2.42. The van der Waals surface area contributed by atoms with Crippen molar-refractivity contribution in [2.24, 2.45) is 0 Å². The van der Waals surface area contributed by atoms with Gasteiger partial charge >= 0.3 is 0 Å². The van der Waals surface area contributed by atoms with Gasteiger partial charge in [0.05, 0.1) is 18.8 Å². The van der Waals surface area contributed by atoms with E-state index in [1.807, 2.05) is 12.1 Å². The summed E-state index contributed by atoms with van der Waals surface area (Å²) in [6.45, 7) is 3.27. The van der Waals surface area contributed by atoms with Crippen molar-refractivity contribution >= 4 is 33.1 Å². The Morgan fingerprint density at radius 2 is 2.33 bits per heavy atom.